The van der Waals surface area contributed by atoms with Gasteiger partial charge in [-0.05, 0) is 61.4 Å². The first-order valence-electron chi connectivity index (χ1n) is 8.93. The lowest BCUT2D eigenvalue weighted by molar-refractivity contribution is 0.102. The Hall–Kier alpha value is -3.40. The third-order valence-corrected chi connectivity index (χ3v) is 4.69. The van der Waals surface area contributed by atoms with Crippen molar-refractivity contribution in [2.45, 2.75) is 13.8 Å². The molecule has 0 radical (unpaired) electrons. The van der Waals surface area contributed by atoms with Crippen LogP contribution in [0.3, 0.4) is 0 Å². The molecule has 4 heteroatoms. The molecule has 0 saturated carbocycles. The van der Waals surface area contributed by atoms with Crippen LogP contribution in [0.2, 0.25) is 0 Å². The number of carbonyl (C=O) groups is 2. The first-order valence-corrected chi connectivity index (χ1v) is 8.93. The van der Waals surface area contributed by atoms with Gasteiger partial charge in [0.05, 0.1) is 14.2 Å². The smallest absolute Gasteiger partial charge is 0.193 e. The summed E-state index contributed by atoms with van der Waals surface area (Å²) < 4.78 is 10.4. The summed E-state index contributed by atoms with van der Waals surface area (Å²) in [7, 11) is 3.13. The van der Waals surface area contributed by atoms with E-state index in [9.17, 15) is 9.59 Å². The summed E-state index contributed by atoms with van der Waals surface area (Å²) in [4.78, 5) is 25.9. The maximum absolute atomic E-state index is 13.0. The van der Waals surface area contributed by atoms with Crippen molar-refractivity contribution in [2.24, 2.45) is 0 Å². The molecular formula is C24H22O4. The highest BCUT2D eigenvalue weighted by molar-refractivity contribution is 6.13. The van der Waals surface area contributed by atoms with Crippen LogP contribution in [-0.2, 0) is 0 Å². The first kappa shape index (κ1) is 19.4. The summed E-state index contributed by atoms with van der Waals surface area (Å²) in [5.74, 6) is 1.06. The number of ketones is 2. The second-order valence-corrected chi connectivity index (χ2v) is 6.61. The number of methoxy groups -OCH3 is 2. The minimum absolute atomic E-state index is 0.0886. The highest BCUT2D eigenvalue weighted by atomic mass is 16.5. The minimum Gasteiger partial charge on any atom is -0.497 e. The minimum atomic E-state index is -0.106. The van der Waals surface area contributed by atoms with Crippen LogP contribution in [-0.4, -0.2) is 25.8 Å². The standard InChI is InChI=1S/C24H22O4/c1-15-11-19(23(25)17-7-5-9-20(13-17)27-3)12-16(2)22(15)24(26)18-8-6-10-21(14-18)28-4/h5-14H,1-4H3. The molecule has 3 aromatic carbocycles. The summed E-state index contributed by atoms with van der Waals surface area (Å²) in [6, 6.07) is 17.6. The van der Waals surface area contributed by atoms with Crippen LogP contribution in [0.5, 0.6) is 11.5 Å². The molecule has 0 bridgehead atoms. The number of ether oxygens (including phenoxy) is 2. The molecule has 142 valence electrons. The predicted octanol–water partition coefficient (Wildman–Crippen LogP) is 4.78. The van der Waals surface area contributed by atoms with Gasteiger partial charge in [0, 0.05) is 22.3 Å². The number of hydrogen-bond acceptors (Lipinski definition) is 4. The zero-order valence-corrected chi connectivity index (χ0v) is 16.4. The normalized spacial score (nSPS) is 10.4. The van der Waals surface area contributed by atoms with Crippen LogP contribution in [0.25, 0.3) is 0 Å². The molecule has 3 rings (SSSR count). The van der Waals surface area contributed by atoms with Crippen molar-refractivity contribution in [1.82, 2.24) is 0 Å². The Balaban J connectivity index is 1.98. The van der Waals surface area contributed by atoms with Crippen LogP contribution in [0.1, 0.15) is 43.0 Å². The molecule has 0 fully saturated rings. The van der Waals surface area contributed by atoms with Gasteiger partial charge in [-0.2, -0.15) is 0 Å². The maximum Gasteiger partial charge on any atom is 0.193 e. The van der Waals surface area contributed by atoms with Gasteiger partial charge in [0.15, 0.2) is 11.6 Å². The van der Waals surface area contributed by atoms with Crippen LogP contribution in [0.15, 0.2) is 60.7 Å². The second kappa shape index (κ2) is 8.09. The van der Waals surface area contributed by atoms with E-state index >= 15 is 0 Å². The highest BCUT2D eigenvalue weighted by Crippen LogP contribution is 2.24. The van der Waals surface area contributed by atoms with Crippen molar-refractivity contribution in [3.05, 3.63) is 94.0 Å². The first-order chi connectivity index (χ1) is 13.4. The van der Waals surface area contributed by atoms with E-state index in [0.717, 1.165) is 11.1 Å². The zero-order valence-electron chi connectivity index (χ0n) is 16.4. The SMILES string of the molecule is COc1cccc(C(=O)c2cc(C)c(C(=O)c3cccc(OC)c3)c(C)c2)c1. The second-order valence-electron chi connectivity index (χ2n) is 6.61. The molecule has 0 aliphatic carbocycles. The highest BCUT2D eigenvalue weighted by Gasteiger charge is 2.19. The van der Waals surface area contributed by atoms with Crippen molar-refractivity contribution in [3.8, 4) is 11.5 Å². The molecule has 0 aromatic heterocycles. The van der Waals surface area contributed by atoms with Crippen LogP contribution in [0, 0.1) is 13.8 Å². The largest absolute Gasteiger partial charge is 0.497 e. The Morgan fingerprint density at radius 2 is 1.11 bits per heavy atom. The molecular weight excluding hydrogens is 352 g/mol. The summed E-state index contributed by atoms with van der Waals surface area (Å²) in [5, 5.41) is 0. The lowest BCUT2D eigenvalue weighted by Gasteiger charge is -2.12. The van der Waals surface area contributed by atoms with E-state index in [1.165, 1.54) is 0 Å². The Labute approximate surface area is 164 Å². The molecule has 0 atom stereocenters. The van der Waals surface area contributed by atoms with Gasteiger partial charge >= 0.3 is 0 Å². The van der Waals surface area contributed by atoms with E-state index < -0.39 is 0 Å². The van der Waals surface area contributed by atoms with E-state index in [2.05, 4.69) is 0 Å². The number of benzene rings is 3. The quantitative estimate of drug-likeness (QED) is 0.583. The van der Waals surface area contributed by atoms with E-state index in [-0.39, 0.29) is 11.6 Å². The monoisotopic (exact) mass is 374 g/mol. The molecule has 28 heavy (non-hydrogen) atoms. The molecule has 0 saturated heterocycles. The Morgan fingerprint density at radius 3 is 1.57 bits per heavy atom. The molecule has 4 nitrogen and oxygen atoms in total. The zero-order chi connectivity index (χ0) is 20.3. The fraction of sp³-hybridized carbons (Fsp3) is 0.167. The van der Waals surface area contributed by atoms with Crippen LogP contribution < -0.4 is 9.47 Å². The van der Waals surface area contributed by atoms with Crippen molar-refractivity contribution in [2.75, 3.05) is 14.2 Å². The van der Waals surface area contributed by atoms with Gasteiger partial charge in [0.25, 0.3) is 0 Å². The molecule has 0 amide bonds. The number of carbonyl (C=O) groups excluding carboxylic acids is 2. The van der Waals surface area contributed by atoms with E-state index in [1.54, 1.807) is 74.9 Å². The topological polar surface area (TPSA) is 52.6 Å². The Morgan fingerprint density at radius 1 is 0.643 bits per heavy atom. The Kier molecular flexibility index (Phi) is 5.59. The van der Waals surface area contributed by atoms with Crippen LogP contribution in [0.4, 0.5) is 0 Å². The number of aryl methyl sites for hydroxylation is 2. The van der Waals surface area contributed by atoms with Gasteiger partial charge in [-0.15, -0.1) is 0 Å². The summed E-state index contributed by atoms with van der Waals surface area (Å²) in [6.07, 6.45) is 0. The lowest BCUT2D eigenvalue weighted by Crippen LogP contribution is -2.10. The van der Waals surface area contributed by atoms with Crippen molar-refractivity contribution < 1.29 is 19.1 Å². The molecule has 0 aliphatic rings. The summed E-state index contributed by atoms with van der Waals surface area (Å²) >= 11 is 0. The van der Waals surface area contributed by atoms with Gasteiger partial charge in [-0.1, -0.05) is 24.3 Å². The van der Waals surface area contributed by atoms with Crippen LogP contribution >= 0.6 is 0 Å². The van der Waals surface area contributed by atoms with E-state index in [0.29, 0.717) is 33.8 Å². The van der Waals surface area contributed by atoms with Gasteiger partial charge in [-0.25, -0.2) is 0 Å². The van der Waals surface area contributed by atoms with Gasteiger partial charge in [-0.3, -0.25) is 9.59 Å². The van der Waals surface area contributed by atoms with E-state index in [4.69, 9.17) is 9.47 Å². The molecule has 0 spiro atoms. The Bertz CT molecular complexity index is 1030. The van der Waals surface area contributed by atoms with Gasteiger partial charge in [0.2, 0.25) is 0 Å². The van der Waals surface area contributed by atoms with Gasteiger partial charge in [0.1, 0.15) is 11.5 Å². The lowest BCUT2D eigenvalue weighted by atomic mass is 9.90. The fourth-order valence-corrected chi connectivity index (χ4v) is 3.29. The molecule has 3 aromatic rings. The molecule has 0 N–H and O–H groups in total. The number of hydrogen-bond donors (Lipinski definition) is 0. The molecule has 0 unspecified atom stereocenters. The van der Waals surface area contributed by atoms with Gasteiger partial charge < -0.3 is 9.47 Å². The molecule has 0 aliphatic heterocycles. The van der Waals surface area contributed by atoms with Crippen molar-refractivity contribution in [3.63, 3.8) is 0 Å². The third-order valence-electron chi connectivity index (χ3n) is 4.69. The molecule has 0 heterocycles. The summed E-state index contributed by atoms with van der Waals surface area (Å²) in [5.41, 5.74) is 3.78. The third kappa shape index (κ3) is 3.81. The summed E-state index contributed by atoms with van der Waals surface area (Å²) in [6.45, 7) is 3.70. The number of rotatable bonds is 6. The maximum atomic E-state index is 13.0. The average Bonchev–Trinajstić information content (AvgIpc) is 2.72. The van der Waals surface area contributed by atoms with Crippen molar-refractivity contribution >= 4 is 11.6 Å². The average molecular weight is 374 g/mol. The predicted molar refractivity (Wildman–Crippen MR) is 109 cm³/mol. The fourth-order valence-electron chi connectivity index (χ4n) is 3.29. The van der Waals surface area contributed by atoms with E-state index in [1.807, 2.05) is 13.8 Å². The van der Waals surface area contributed by atoms with Crippen molar-refractivity contribution in [1.29, 1.82) is 0 Å².